The zero-order valence-corrected chi connectivity index (χ0v) is 10.5. The first-order valence-electron chi connectivity index (χ1n) is 6.57. The van der Waals surface area contributed by atoms with Gasteiger partial charge in [0.15, 0.2) is 5.82 Å². The van der Waals surface area contributed by atoms with Gasteiger partial charge in [-0.2, -0.15) is 0 Å². The van der Waals surface area contributed by atoms with Gasteiger partial charge in [0, 0.05) is 18.7 Å². The van der Waals surface area contributed by atoms with Crippen LogP contribution in [0.25, 0.3) is 0 Å². The summed E-state index contributed by atoms with van der Waals surface area (Å²) in [6.45, 7) is 3.01. The fraction of sp³-hybridized carbons (Fsp3) is 0.538. The third-order valence-corrected chi connectivity index (χ3v) is 4.17. The Kier molecular flexibility index (Phi) is 3.10. The molecule has 3 aliphatic heterocycles. The van der Waals surface area contributed by atoms with Gasteiger partial charge in [-0.05, 0) is 37.9 Å². The number of rotatable bonds is 3. The third kappa shape index (κ3) is 2.28. The fourth-order valence-electron chi connectivity index (χ4n) is 3.12. The van der Waals surface area contributed by atoms with Crippen molar-refractivity contribution in [2.75, 3.05) is 25.0 Å². The number of halogens is 1. The maximum atomic E-state index is 13.8. The average molecular weight is 265 g/mol. The van der Waals surface area contributed by atoms with Crippen LogP contribution in [0.15, 0.2) is 18.2 Å². The quantitative estimate of drug-likeness (QED) is 0.672. The van der Waals surface area contributed by atoms with E-state index in [0.29, 0.717) is 5.92 Å². The molecule has 102 valence electrons. The molecule has 3 heterocycles. The van der Waals surface area contributed by atoms with E-state index in [9.17, 15) is 14.5 Å². The second-order valence-corrected chi connectivity index (χ2v) is 5.28. The highest BCUT2D eigenvalue weighted by molar-refractivity contribution is 5.62. The first-order chi connectivity index (χ1) is 9.15. The highest BCUT2D eigenvalue weighted by atomic mass is 19.1. The van der Waals surface area contributed by atoms with Gasteiger partial charge in [0.05, 0.1) is 4.92 Å². The molecule has 1 unspecified atom stereocenters. The van der Waals surface area contributed by atoms with E-state index in [1.54, 1.807) is 0 Å². The minimum absolute atomic E-state index is 0.0336. The van der Waals surface area contributed by atoms with Crippen molar-refractivity contribution in [3.8, 4) is 0 Å². The lowest BCUT2D eigenvalue weighted by Crippen LogP contribution is -2.53. The predicted molar refractivity (Wildman–Crippen MR) is 69.6 cm³/mol. The van der Waals surface area contributed by atoms with Crippen LogP contribution in [0.1, 0.15) is 12.8 Å². The molecule has 0 radical (unpaired) electrons. The highest BCUT2D eigenvalue weighted by Crippen LogP contribution is 2.33. The Morgan fingerprint density at radius 3 is 2.68 bits per heavy atom. The summed E-state index contributed by atoms with van der Waals surface area (Å²) in [7, 11) is 0. The highest BCUT2D eigenvalue weighted by Gasteiger charge is 2.35. The molecule has 0 saturated carbocycles. The summed E-state index contributed by atoms with van der Waals surface area (Å²) in [6.07, 6.45) is 2.17. The number of nitrogens with one attached hydrogen (secondary N) is 1. The summed E-state index contributed by atoms with van der Waals surface area (Å²) in [5.74, 6) is -0.0603. The van der Waals surface area contributed by atoms with Crippen molar-refractivity contribution in [3.05, 3.63) is 34.1 Å². The number of hydrogen-bond donors (Lipinski definition) is 1. The number of para-hydroxylation sites is 1. The van der Waals surface area contributed by atoms with E-state index in [1.807, 2.05) is 0 Å². The third-order valence-electron chi connectivity index (χ3n) is 4.17. The van der Waals surface area contributed by atoms with Crippen LogP contribution in [0.5, 0.6) is 0 Å². The summed E-state index contributed by atoms with van der Waals surface area (Å²) in [6, 6.07) is 4.08. The zero-order valence-electron chi connectivity index (χ0n) is 10.5. The molecule has 0 spiro atoms. The van der Waals surface area contributed by atoms with Crippen molar-refractivity contribution in [2.45, 2.75) is 18.9 Å². The smallest absolute Gasteiger partial charge is 0.295 e. The van der Waals surface area contributed by atoms with Gasteiger partial charge >= 0.3 is 0 Å². The van der Waals surface area contributed by atoms with Crippen molar-refractivity contribution in [2.24, 2.45) is 5.92 Å². The van der Waals surface area contributed by atoms with E-state index in [2.05, 4.69) is 10.2 Å². The molecule has 2 bridgehead atoms. The van der Waals surface area contributed by atoms with Crippen LogP contribution < -0.4 is 5.32 Å². The molecule has 3 aliphatic rings. The van der Waals surface area contributed by atoms with Gasteiger partial charge in [0.25, 0.3) is 5.69 Å². The van der Waals surface area contributed by atoms with Gasteiger partial charge in [0.2, 0.25) is 0 Å². The number of nitrogens with zero attached hydrogens (tertiary/aromatic N) is 2. The number of anilines is 1. The molecule has 0 aromatic heterocycles. The van der Waals surface area contributed by atoms with Crippen molar-refractivity contribution in [3.63, 3.8) is 0 Å². The SMILES string of the molecule is O=[N+]([O-])c1cccc(F)c1NC1CN2CCC1CC2. The summed E-state index contributed by atoms with van der Waals surface area (Å²) >= 11 is 0. The number of hydrogen-bond acceptors (Lipinski definition) is 4. The molecule has 3 saturated heterocycles. The van der Waals surface area contributed by atoms with Crippen LogP contribution in [0, 0.1) is 21.8 Å². The van der Waals surface area contributed by atoms with E-state index in [-0.39, 0.29) is 17.4 Å². The van der Waals surface area contributed by atoms with Gasteiger partial charge < -0.3 is 10.2 Å². The number of nitro benzene ring substituents is 1. The minimum Gasteiger partial charge on any atom is -0.373 e. The van der Waals surface area contributed by atoms with Crippen LogP contribution in [0.4, 0.5) is 15.8 Å². The van der Waals surface area contributed by atoms with Crippen LogP contribution in [0.2, 0.25) is 0 Å². The number of nitro groups is 1. The number of fused-ring (bicyclic) bond motifs is 3. The summed E-state index contributed by atoms with van der Waals surface area (Å²) in [4.78, 5) is 12.8. The first-order valence-corrected chi connectivity index (χ1v) is 6.57. The van der Waals surface area contributed by atoms with Crippen LogP contribution >= 0.6 is 0 Å². The van der Waals surface area contributed by atoms with E-state index >= 15 is 0 Å². The largest absolute Gasteiger partial charge is 0.373 e. The van der Waals surface area contributed by atoms with Gasteiger partial charge in [-0.15, -0.1) is 0 Å². The standard InChI is InChI=1S/C13H16FN3O2/c14-10-2-1-3-12(17(18)19)13(10)15-11-8-16-6-4-9(11)5-7-16/h1-3,9,11,15H,4-8H2. The van der Waals surface area contributed by atoms with Gasteiger partial charge in [-0.3, -0.25) is 10.1 Å². The molecule has 19 heavy (non-hydrogen) atoms. The molecular formula is C13H16FN3O2. The van der Waals surface area contributed by atoms with Gasteiger partial charge in [-0.1, -0.05) is 6.07 Å². The van der Waals surface area contributed by atoms with Crippen molar-refractivity contribution in [1.29, 1.82) is 0 Å². The maximum Gasteiger partial charge on any atom is 0.295 e. The van der Waals surface area contributed by atoms with Crippen LogP contribution in [-0.4, -0.2) is 35.5 Å². The number of piperidine rings is 3. The second kappa shape index (κ2) is 4.77. The van der Waals surface area contributed by atoms with E-state index in [1.165, 1.54) is 18.2 Å². The molecule has 6 heteroatoms. The molecule has 3 fully saturated rings. The Morgan fingerprint density at radius 1 is 1.37 bits per heavy atom. The van der Waals surface area contributed by atoms with E-state index in [4.69, 9.17) is 0 Å². The topological polar surface area (TPSA) is 58.4 Å². The Morgan fingerprint density at radius 2 is 2.11 bits per heavy atom. The maximum absolute atomic E-state index is 13.8. The molecule has 1 aromatic carbocycles. The van der Waals surface area contributed by atoms with Crippen molar-refractivity contribution >= 4 is 11.4 Å². The Hall–Kier alpha value is -1.69. The van der Waals surface area contributed by atoms with E-state index in [0.717, 1.165) is 32.5 Å². The van der Waals surface area contributed by atoms with Crippen LogP contribution in [-0.2, 0) is 0 Å². The molecular weight excluding hydrogens is 249 g/mol. The molecule has 0 aliphatic carbocycles. The Labute approximate surface area is 110 Å². The Bertz CT molecular complexity index is 501. The van der Waals surface area contributed by atoms with Gasteiger partial charge in [0.1, 0.15) is 5.69 Å². The molecule has 5 nitrogen and oxygen atoms in total. The summed E-state index contributed by atoms with van der Waals surface area (Å²) < 4.78 is 13.8. The molecule has 1 N–H and O–H groups in total. The van der Waals surface area contributed by atoms with Gasteiger partial charge in [-0.25, -0.2) is 4.39 Å². The normalized spacial score (nSPS) is 29.2. The first kappa shape index (κ1) is 12.3. The zero-order chi connectivity index (χ0) is 13.4. The monoisotopic (exact) mass is 265 g/mol. The molecule has 1 aromatic rings. The van der Waals surface area contributed by atoms with Crippen LogP contribution in [0.3, 0.4) is 0 Å². The fourth-order valence-corrected chi connectivity index (χ4v) is 3.12. The van der Waals surface area contributed by atoms with E-state index < -0.39 is 10.7 Å². The second-order valence-electron chi connectivity index (χ2n) is 5.28. The lowest BCUT2D eigenvalue weighted by atomic mass is 9.84. The van der Waals surface area contributed by atoms with Crippen molar-refractivity contribution < 1.29 is 9.31 Å². The number of benzene rings is 1. The summed E-state index contributed by atoms with van der Waals surface area (Å²) in [5, 5.41) is 14.0. The molecule has 4 rings (SSSR count). The summed E-state index contributed by atoms with van der Waals surface area (Å²) in [5.41, 5.74) is -0.150. The molecule has 0 amide bonds. The van der Waals surface area contributed by atoms with Crippen molar-refractivity contribution in [1.82, 2.24) is 4.90 Å². The average Bonchev–Trinajstić information content (AvgIpc) is 2.42. The lowest BCUT2D eigenvalue weighted by Gasteiger charge is -2.45. The molecule has 1 atom stereocenters. The minimum atomic E-state index is -0.550. The lowest BCUT2D eigenvalue weighted by molar-refractivity contribution is -0.384. The predicted octanol–water partition coefficient (Wildman–Crippen LogP) is 2.24. The Balaban J connectivity index is 1.85.